The molecule has 23 nitrogen and oxygen atoms in total. The van der Waals surface area contributed by atoms with Crippen LogP contribution >= 0.6 is 0 Å². The lowest BCUT2D eigenvalue weighted by Crippen LogP contribution is -2.58. The molecule has 2 heterocycles. The number of hydrogen-bond acceptors (Lipinski definition) is 13. The van der Waals surface area contributed by atoms with Gasteiger partial charge in [0.05, 0.1) is 24.7 Å². The molecule has 0 spiro atoms. The Balaban J connectivity index is 1.46. The van der Waals surface area contributed by atoms with E-state index in [9.17, 15) is 51.6 Å². The van der Waals surface area contributed by atoms with Crippen LogP contribution in [0.1, 0.15) is 60.0 Å². The monoisotopic (exact) mass is 906 g/mol. The number of anilines is 1. The highest BCUT2D eigenvalue weighted by molar-refractivity contribution is 7.86. The third-order valence-electron chi connectivity index (χ3n) is 9.39. The molecule has 1 aliphatic heterocycles. The maximum absolute atomic E-state index is 14.0. The van der Waals surface area contributed by atoms with Gasteiger partial charge in [-0.2, -0.15) is 13.5 Å². The molecule has 0 aliphatic carbocycles. The molecule has 0 bridgehead atoms. The number of benzene rings is 2. The number of amides is 6. The number of aliphatic carboxylic acids is 1. The van der Waals surface area contributed by atoms with Gasteiger partial charge in [-0.25, -0.2) is 4.98 Å². The summed E-state index contributed by atoms with van der Waals surface area (Å²) >= 11 is 0. The Morgan fingerprint density at radius 3 is 2.11 bits per heavy atom. The van der Waals surface area contributed by atoms with Crippen molar-refractivity contribution in [2.45, 2.75) is 74.0 Å². The molecule has 6 amide bonds. The summed E-state index contributed by atoms with van der Waals surface area (Å²) in [4.78, 5) is 99.8. The van der Waals surface area contributed by atoms with Gasteiger partial charge >= 0.3 is 5.97 Å². The van der Waals surface area contributed by atoms with Gasteiger partial charge in [-0.3, -0.25) is 48.5 Å². The number of aromatic nitrogens is 1. The molecule has 1 unspecified atom stereocenters. The van der Waals surface area contributed by atoms with Crippen molar-refractivity contribution in [1.82, 2.24) is 36.9 Å². The largest absolute Gasteiger partial charge is 0.481 e. The van der Waals surface area contributed by atoms with Gasteiger partial charge in [-0.1, -0.05) is 48.5 Å². The fraction of sp³-hybridized carbons (Fsp3) is 0.350. The first-order valence-electron chi connectivity index (χ1n) is 19.9. The number of carbonyl (C=O) groups excluding carboxylic acids is 6. The number of nitrogens with one attached hydrogen (secondary N) is 7. The quantitative estimate of drug-likeness (QED) is 0.0228. The number of carboxylic acids is 1. The van der Waals surface area contributed by atoms with Crippen molar-refractivity contribution in [3.05, 3.63) is 89.6 Å². The normalized spacial score (nSPS) is 18.8. The van der Waals surface area contributed by atoms with Gasteiger partial charge in [-0.15, -0.1) is 0 Å². The van der Waals surface area contributed by atoms with Crippen LogP contribution in [0.3, 0.4) is 0 Å². The molecule has 13 N–H and O–H groups in total. The Hall–Kier alpha value is -7.47. The van der Waals surface area contributed by atoms with E-state index >= 15 is 0 Å². The van der Waals surface area contributed by atoms with Gasteiger partial charge < -0.3 is 48.5 Å². The zero-order chi connectivity index (χ0) is 46.6. The lowest BCUT2D eigenvalue weighted by Gasteiger charge is -2.26. The predicted molar refractivity (Wildman–Crippen MR) is 231 cm³/mol. The summed E-state index contributed by atoms with van der Waals surface area (Å²) in [5.74, 6) is -6.12. The molecule has 1 fully saturated rings. The van der Waals surface area contributed by atoms with Crippen LogP contribution < -0.4 is 48.8 Å². The number of pyridine rings is 1. The van der Waals surface area contributed by atoms with E-state index in [1.807, 2.05) is 0 Å². The first-order chi connectivity index (χ1) is 30.5. The first-order valence-corrected chi connectivity index (χ1v) is 21.3. The van der Waals surface area contributed by atoms with Gasteiger partial charge in [0.2, 0.25) is 29.5 Å². The molecule has 1 aliphatic rings. The van der Waals surface area contributed by atoms with Gasteiger partial charge in [0.1, 0.15) is 34.9 Å². The van der Waals surface area contributed by atoms with Crippen LogP contribution in [-0.2, 0) is 45.3 Å². The molecule has 3 aromatic rings. The Morgan fingerprint density at radius 2 is 1.44 bits per heavy atom. The standard InChI is InChI=1S/C40H50N12O11S/c41-40(42)44-18-8-13-27-37(58)49-28(12-6-7-17-43-35(56)26-15-16-32(45-21-26)52-47-22-25-11-4-5-14-31(25)64(61,62)63)38(59)50-29(19-24-9-2-1-3-10-24)39(60)51-30(20-34(54)55)36(57)46-23-33(53)48-27/h1-5,9-11,14-16,21-22,27-30H,6-8,12-13,17-20,23H2,(H,43,56)(H,45,52)(H,46,57)(H,48,53)(H,49,58)(H,50,59)(H,51,60)(H,54,55)(H4,41,42,44)(H,61,62,63)/t27?,28-,29-,30-/m1/s1. The number of hydrazone groups is 1. The zero-order valence-electron chi connectivity index (χ0n) is 34.4. The number of carboxylic acid groups (broad SMARTS) is 1. The number of guanidine groups is 1. The molecule has 1 saturated heterocycles. The number of rotatable bonds is 18. The molecule has 4 atom stereocenters. The molecular formula is C40H50N12O11S. The second-order valence-corrected chi connectivity index (χ2v) is 15.7. The van der Waals surface area contributed by atoms with E-state index in [0.29, 0.717) is 12.0 Å². The Bertz CT molecular complexity index is 2310. The van der Waals surface area contributed by atoms with Crippen molar-refractivity contribution in [1.29, 1.82) is 0 Å². The van der Waals surface area contributed by atoms with Crippen molar-refractivity contribution in [3.8, 4) is 0 Å². The van der Waals surface area contributed by atoms with Crippen LogP contribution in [0.2, 0.25) is 0 Å². The molecule has 342 valence electrons. The van der Waals surface area contributed by atoms with Gasteiger partial charge in [0, 0.05) is 31.3 Å². The van der Waals surface area contributed by atoms with Crippen LogP contribution in [0, 0.1) is 0 Å². The highest BCUT2D eigenvalue weighted by Gasteiger charge is 2.33. The summed E-state index contributed by atoms with van der Waals surface area (Å²) in [6, 6.07) is 11.7. The molecular weight excluding hydrogens is 857 g/mol. The number of unbranched alkanes of at least 4 members (excludes halogenated alkanes) is 1. The SMILES string of the molecule is NC(N)=NCCCC1NC(=O)CNC(=O)[C@@H](CC(=O)O)NC(=O)[C@@H](Cc2ccccc2)NC(=O)[C@@H](CCCCNC(=O)c2ccc(NN=Cc3ccccc3S(=O)(=O)O)nc2)NC1=O. The van der Waals surface area contributed by atoms with Crippen molar-refractivity contribution in [2.75, 3.05) is 25.1 Å². The Morgan fingerprint density at radius 1 is 0.797 bits per heavy atom. The summed E-state index contributed by atoms with van der Waals surface area (Å²) < 4.78 is 32.6. The molecule has 0 saturated carbocycles. The lowest BCUT2D eigenvalue weighted by molar-refractivity contribution is -0.141. The van der Waals surface area contributed by atoms with Gasteiger partial charge in [0.25, 0.3) is 16.0 Å². The van der Waals surface area contributed by atoms with Crippen LogP contribution in [0.25, 0.3) is 0 Å². The van der Waals surface area contributed by atoms with Crippen molar-refractivity contribution in [3.63, 3.8) is 0 Å². The van der Waals surface area contributed by atoms with E-state index in [-0.39, 0.29) is 73.0 Å². The molecule has 4 rings (SSSR count). The van der Waals surface area contributed by atoms with Crippen molar-refractivity contribution in [2.24, 2.45) is 21.6 Å². The van der Waals surface area contributed by atoms with E-state index in [4.69, 9.17) is 11.5 Å². The summed E-state index contributed by atoms with van der Waals surface area (Å²) in [6.45, 7) is -0.443. The summed E-state index contributed by atoms with van der Waals surface area (Å²) in [6.07, 6.45) is 2.34. The van der Waals surface area contributed by atoms with Crippen LogP contribution in [0.4, 0.5) is 5.82 Å². The Labute approximate surface area is 367 Å². The number of aliphatic imine (C=N–C) groups is 1. The average Bonchev–Trinajstić information content (AvgIpc) is 3.25. The maximum Gasteiger partial charge on any atom is 0.305 e. The fourth-order valence-electron chi connectivity index (χ4n) is 6.20. The second kappa shape index (κ2) is 24.2. The third-order valence-corrected chi connectivity index (χ3v) is 10.3. The molecule has 64 heavy (non-hydrogen) atoms. The summed E-state index contributed by atoms with van der Waals surface area (Å²) in [7, 11) is -4.48. The van der Waals surface area contributed by atoms with E-state index in [2.05, 4.69) is 52.4 Å². The number of nitrogens with two attached hydrogens (primary N) is 2. The number of carbonyl (C=O) groups is 7. The maximum atomic E-state index is 14.0. The van der Waals surface area contributed by atoms with E-state index in [1.54, 1.807) is 36.4 Å². The number of nitrogens with zero attached hydrogens (tertiary/aromatic N) is 3. The summed E-state index contributed by atoms with van der Waals surface area (Å²) in [5.41, 5.74) is 14.4. The molecule has 24 heteroatoms. The third kappa shape index (κ3) is 16.4. The summed E-state index contributed by atoms with van der Waals surface area (Å²) in [5, 5.41) is 28.7. The number of hydrogen-bond donors (Lipinski definition) is 11. The van der Waals surface area contributed by atoms with Crippen LogP contribution in [0.15, 0.2) is 87.9 Å². The predicted octanol–water partition coefficient (Wildman–Crippen LogP) is -1.49. The molecule has 0 radical (unpaired) electrons. The lowest BCUT2D eigenvalue weighted by atomic mass is 10.0. The minimum atomic E-state index is -4.48. The Kier molecular flexibility index (Phi) is 18.6. The van der Waals surface area contributed by atoms with Gasteiger partial charge in [0.15, 0.2) is 5.96 Å². The van der Waals surface area contributed by atoms with Crippen LogP contribution in [0.5, 0.6) is 0 Å². The van der Waals surface area contributed by atoms with E-state index in [0.717, 1.165) is 0 Å². The van der Waals surface area contributed by atoms with Crippen molar-refractivity contribution < 1.29 is 51.6 Å². The fourth-order valence-corrected chi connectivity index (χ4v) is 6.87. The highest BCUT2D eigenvalue weighted by Crippen LogP contribution is 2.14. The van der Waals surface area contributed by atoms with Crippen LogP contribution in [-0.4, -0.2) is 120 Å². The average molecular weight is 907 g/mol. The topological polar surface area (TPSA) is 368 Å². The minimum Gasteiger partial charge on any atom is -0.481 e. The van der Waals surface area contributed by atoms with Crippen molar-refractivity contribution >= 4 is 69.5 Å². The van der Waals surface area contributed by atoms with E-state index < -0.39 is 88.7 Å². The minimum absolute atomic E-state index is 0.000612. The zero-order valence-corrected chi connectivity index (χ0v) is 35.2. The highest BCUT2D eigenvalue weighted by atomic mass is 32.2. The molecule has 1 aromatic heterocycles. The second-order valence-electron chi connectivity index (χ2n) is 14.3. The van der Waals surface area contributed by atoms with Gasteiger partial charge in [-0.05, 0) is 55.9 Å². The van der Waals surface area contributed by atoms with E-state index in [1.165, 1.54) is 42.7 Å². The first kappa shape index (κ1) is 49.2. The smallest absolute Gasteiger partial charge is 0.305 e. The molecule has 2 aromatic carbocycles.